The first-order chi connectivity index (χ1) is 18.0. The molecule has 0 bridgehead atoms. The SMILES string of the molecule is CCCCCCCN1C(=O)CC(C(=O)NCCc2ccccc2)SC1=Nc1ccc(C(=O)OCC)cc1. The number of esters is 1. The fourth-order valence-corrected chi connectivity index (χ4v) is 5.17. The van der Waals surface area contributed by atoms with Gasteiger partial charge >= 0.3 is 5.97 Å². The number of carbonyl (C=O) groups is 3. The molecule has 7 nitrogen and oxygen atoms in total. The molecule has 37 heavy (non-hydrogen) atoms. The van der Waals surface area contributed by atoms with Gasteiger partial charge in [-0.2, -0.15) is 0 Å². The van der Waals surface area contributed by atoms with Gasteiger partial charge in [0.25, 0.3) is 0 Å². The van der Waals surface area contributed by atoms with Gasteiger partial charge < -0.3 is 10.1 Å². The van der Waals surface area contributed by atoms with Crippen molar-refractivity contribution in [1.29, 1.82) is 0 Å². The standard InChI is InChI=1S/C29H37N3O4S/c1-3-5-6-7-11-20-32-26(33)21-25(27(34)30-19-18-22-12-9-8-10-13-22)37-29(32)31-24-16-14-23(15-17-24)28(35)36-4-2/h8-10,12-17,25H,3-7,11,18-21H2,1-2H3,(H,30,34). The average Bonchev–Trinajstić information content (AvgIpc) is 2.90. The summed E-state index contributed by atoms with van der Waals surface area (Å²) in [6.07, 6.45) is 6.30. The molecular formula is C29H37N3O4S. The lowest BCUT2D eigenvalue weighted by molar-refractivity contribution is -0.130. The summed E-state index contributed by atoms with van der Waals surface area (Å²) in [6, 6.07) is 16.8. The Hall–Kier alpha value is -3.13. The van der Waals surface area contributed by atoms with Crippen molar-refractivity contribution in [3.63, 3.8) is 0 Å². The molecule has 1 unspecified atom stereocenters. The first-order valence-corrected chi connectivity index (χ1v) is 14.0. The Balaban J connectivity index is 1.69. The van der Waals surface area contributed by atoms with E-state index >= 15 is 0 Å². The maximum atomic E-state index is 13.1. The van der Waals surface area contributed by atoms with E-state index in [0.717, 1.165) is 37.7 Å². The first kappa shape index (κ1) is 28.4. The van der Waals surface area contributed by atoms with E-state index in [1.807, 2.05) is 30.3 Å². The maximum absolute atomic E-state index is 13.1. The number of carbonyl (C=O) groups excluding carboxylic acids is 3. The highest BCUT2D eigenvalue weighted by atomic mass is 32.2. The molecule has 3 rings (SSSR count). The summed E-state index contributed by atoms with van der Waals surface area (Å²) in [4.78, 5) is 44.5. The predicted octanol–water partition coefficient (Wildman–Crippen LogP) is 5.51. The summed E-state index contributed by atoms with van der Waals surface area (Å²) < 4.78 is 5.05. The number of hydrogen-bond donors (Lipinski definition) is 1. The lowest BCUT2D eigenvalue weighted by Gasteiger charge is -2.32. The van der Waals surface area contributed by atoms with E-state index in [4.69, 9.17) is 9.73 Å². The molecule has 1 heterocycles. The van der Waals surface area contributed by atoms with E-state index in [9.17, 15) is 14.4 Å². The normalized spacial score (nSPS) is 16.6. The van der Waals surface area contributed by atoms with Crippen LogP contribution in [-0.4, -0.2) is 52.8 Å². The van der Waals surface area contributed by atoms with Crippen LogP contribution in [0.3, 0.4) is 0 Å². The molecule has 2 aromatic carbocycles. The van der Waals surface area contributed by atoms with Crippen LogP contribution in [0.4, 0.5) is 5.69 Å². The van der Waals surface area contributed by atoms with Gasteiger partial charge in [-0.1, -0.05) is 74.7 Å². The average molecular weight is 524 g/mol. The van der Waals surface area contributed by atoms with E-state index in [2.05, 4.69) is 12.2 Å². The van der Waals surface area contributed by atoms with E-state index in [0.29, 0.717) is 36.1 Å². The molecule has 1 aliphatic rings. The number of ether oxygens (including phenoxy) is 1. The van der Waals surface area contributed by atoms with Crippen LogP contribution in [0.25, 0.3) is 0 Å². The Morgan fingerprint density at radius 2 is 1.76 bits per heavy atom. The summed E-state index contributed by atoms with van der Waals surface area (Å²) >= 11 is 1.33. The smallest absolute Gasteiger partial charge is 0.338 e. The molecule has 1 saturated heterocycles. The molecule has 8 heteroatoms. The Kier molecular flexibility index (Phi) is 11.7. The molecule has 0 aliphatic carbocycles. The third kappa shape index (κ3) is 9.04. The third-order valence-electron chi connectivity index (χ3n) is 6.08. The molecule has 0 saturated carbocycles. The van der Waals surface area contributed by atoms with E-state index < -0.39 is 5.25 Å². The van der Waals surface area contributed by atoms with Crippen molar-refractivity contribution in [3.8, 4) is 0 Å². The Morgan fingerprint density at radius 3 is 2.46 bits per heavy atom. The fraction of sp³-hybridized carbons (Fsp3) is 0.448. The van der Waals surface area contributed by atoms with Crippen molar-refractivity contribution >= 4 is 40.4 Å². The van der Waals surface area contributed by atoms with Gasteiger partial charge in [0.15, 0.2) is 5.17 Å². The zero-order chi connectivity index (χ0) is 26.5. The number of nitrogens with zero attached hydrogens (tertiary/aromatic N) is 2. The second-order valence-corrected chi connectivity index (χ2v) is 10.1. The van der Waals surface area contributed by atoms with Crippen LogP contribution in [0.2, 0.25) is 0 Å². The number of amides is 2. The molecule has 0 spiro atoms. The highest BCUT2D eigenvalue weighted by molar-refractivity contribution is 8.15. The van der Waals surface area contributed by atoms with Crippen molar-refractivity contribution in [3.05, 3.63) is 65.7 Å². The number of rotatable bonds is 13. The van der Waals surface area contributed by atoms with Crippen LogP contribution >= 0.6 is 11.8 Å². The summed E-state index contributed by atoms with van der Waals surface area (Å²) in [5.41, 5.74) is 2.21. The molecule has 198 valence electrons. The van der Waals surface area contributed by atoms with Crippen molar-refractivity contribution in [2.75, 3.05) is 19.7 Å². The molecule has 1 atom stereocenters. The number of benzene rings is 2. The molecule has 1 fully saturated rings. The summed E-state index contributed by atoms with van der Waals surface area (Å²) in [5, 5.41) is 2.98. The second-order valence-electron chi connectivity index (χ2n) is 8.96. The third-order valence-corrected chi connectivity index (χ3v) is 7.26. The summed E-state index contributed by atoms with van der Waals surface area (Å²) in [7, 11) is 0. The molecule has 0 radical (unpaired) electrons. The minimum atomic E-state index is -0.530. The van der Waals surface area contributed by atoms with Crippen LogP contribution in [0.15, 0.2) is 59.6 Å². The van der Waals surface area contributed by atoms with Gasteiger partial charge in [-0.15, -0.1) is 0 Å². The van der Waals surface area contributed by atoms with Gasteiger partial charge in [0.05, 0.1) is 23.1 Å². The van der Waals surface area contributed by atoms with Crippen LogP contribution < -0.4 is 5.32 Å². The quantitative estimate of drug-likeness (QED) is 0.276. The number of unbranched alkanes of at least 4 members (excludes halogenated alkanes) is 4. The van der Waals surface area contributed by atoms with Crippen molar-refractivity contribution in [2.24, 2.45) is 4.99 Å². The van der Waals surface area contributed by atoms with E-state index in [1.165, 1.54) is 18.2 Å². The Morgan fingerprint density at radius 1 is 1.03 bits per heavy atom. The van der Waals surface area contributed by atoms with Gasteiger partial charge in [0, 0.05) is 19.5 Å². The van der Waals surface area contributed by atoms with E-state index in [1.54, 1.807) is 36.1 Å². The lowest BCUT2D eigenvalue weighted by atomic mass is 10.1. The summed E-state index contributed by atoms with van der Waals surface area (Å²) in [5.74, 6) is -0.619. The van der Waals surface area contributed by atoms with Gasteiger partial charge in [-0.3, -0.25) is 14.5 Å². The summed E-state index contributed by atoms with van der Waals surface area (Å²) in [6.45, 7) is 5.34. The molecule has 2 amide bonds. The number of nitrogens with one attached hydrogen (secondary N) is 1. The Labute approximate surface area is 224 Å². The van der Waals surface area contributed by atoms with Crippen molar-refractivity contribution in [2.45, 2.75) is 64.0 Å². The Bertz CT molecular complexity index is 1060. The topological polar surface area (TPSA) is 88.1 Å². The van der Waals surface area contributed by atoms with Crippen molar-refractivity contribution in [1.82, 2.24) is 10.2 Å². The highest BCUT2D eigenvalue weighted by Gasteiger charge is 2.35. The van der Waals surface area contributed by atoms with Gasteiger partial charge in [-0.25, -0.2) is 9.79 Å². The predicted molar refractivity (Wildman–Crippen MR) is 149 cm³/mol. The van der Waals surface area contributed by atoms with Crippen LogP contribution in [0.1, 0.15) is 68.3 Å². The molecule has 1 aliphatic heterocycles. The lowest BCUT2D eigenvalue weighted by Crippen LogP contribution is -2.47. The van der Waals surface area contributed by atoms with Crippen LogP contribution in [0.5, 0.6) is 0 Å². The maximum Gasteiger partial charge on any atom is 0.338 e. The zero-order valence-electron chi connectivity index (χ0n) is 21.8. The molecule has 1 N–H and O–H groups in total. The highest BCUT2D eigenvalue weighted by Crippen LogP contribution is 2.29. The van der Waals surface area contributed by atoms with Crippen molar-refractivity contribution < 1.29 is 19.1 Å². The number of amidine groups is 1. The fourth-order valence-electron chi connectivity index (χ4n) is 4.02. The zero-order valence-corrected chi connectivity index (χ0v) is 22.6. The minimum absolute atomic E-state index is 0.0839. The van der Waals surface area contributed by atoms with E-state index in [-0.39, 0.29) is 24.2 Å². The number of thioether (sulfide) groups is 1. The number of hydrogen-bond acceptors (Lipinski definition) is 6. The first-order valence-electron chi connectivity index (χ1n) is 13.2. The van der Waals surface area contributed by atoms with Crippen LogP contribution in [0, 0.1) is 0 Å². The molecule has 0 aromatic heterocycles. The second kappa shape index (κ2) is 15.2. The van der Waals surface area contributed by atoms with Gasteiger partial charge in [-0.05, 0) is 49.6 Å². The van der Waals surface area contributed by atoms with Gasteiger partial charge in [0.2, 0.25) is 11.8 Å². The number of aliphatic imine (C=N–C) groups is 1. The molecular weight excluding hydrogens is 486 g/mol. The van der Waals surface area contributed by atoms with Gasteiger partial charge in [0.1, 0.15) is 0 Å². The van der Waals surface area contributed by atoms with Crippen LogP contribution in [-0.2, 0) is 20.7 Å². The molecule has 2 aromatic rings. The minimum Gasteiger partial charge on any atom is -0.462 e. The monoisotopic (exact) mass is 523 g/mol. The largest absolute Gasteiger partial charge is 0.462 e.